The minimum Gasteiger partial charge on any atom is -0.508 e. The van der Waals surface area contributed by atoms with Crippen LogP contribution in [0.4, 0.5) is 0 Å². The predicted molar refractivity (Wildman–Crippen MR) is 68.0 cm³/mol. The lowest BCUT2D eigenvalue weighted by molar-refractivity contribution is -0.00259. The molecule has 1 aliphatic rings. The molecule has 1 heterocycles. The average molecular weight is 235 g/mol. The molecule has 0 amide bonds. The molecule has 3 nitrogen and oxygen atoms in total. The van der Waals surface area contributed by atoms with Crippen LogP contribution in [-0.4, -0.2) is 36.3 Å². The van der Waals surface area contributed by atoms with Crippen molar-refractivity contribution in [1.82, 2.24) is 4.90 Å². The van der Waals surface area contributed by atoms with E-state index < -0.39 is 0 Å². The second kappa shape index (κ2) is 6.03. The average Bonchev–Trinajstić information content (AvgIpc) is 2.30. The van der Waals surface area contributed by atoms with Crippen molar-refractivity contribution in [1.29, 1.82) is 0 Å². The van der Waals surface area contributed by atoms with E-state index >= 15 is 0 Å². The standard InChI is InChI=1S/C14H21NO2/c1-15(11-14-7-2-3-8-17-14)10-12-5-4-6-13(16)9-12/h4-6,9,14,16H,2-3,7-8,10-11H2,1H3. The summed E-state index contributed by atoms with van der Waals surface area (Å²) in [6, 6.07) is 7.44. The highest BCUT2D eigenvalue weighted by Crippen LogP contribution is 2.16. The molecule has 1 fully saturated rings. The lowest BCUT2D eigenvalue weighted by Gasteiger charge is -2.27. The molecule has 1 N–H and O–H groups in total. The van der Waals surface area contributed by atoms with Crippen molar-refractivity contribution >= 4 is 0 Å². The normalized spacial score (nSPS) is 20.7. The zero-order valence-electron chi connectivity index (χ0n) is 10.4. The van der Waals surface area contributed by atoms with Gasteiger partial charge in [-0.3, -0.25) is 4.90 Å². The van der Waals surface area contributed by atoms with Crippen LogP contribution >= 0.6 is 0 Å². The molecule has 2 rings (SSSR count). The molecule has 0 spiro atoms. The van der Waals surface area contributed by atoms with Crippen LogP contribution in [0.15, 0.2) is 24.3 Å². The van der Waals surface area contributed by atoms with Gasteiger partial charge in [-0.05, 0) is 44.0 Å². The number of hydrogen-bond acceptors (Lipinski definition) is 3. The Balaban J connectivity index is 1.82. The number of phenols is 1. The molecule has 0 radical (unpaired) electrons. The molecular formula is C14H21NO2. The summed E-state index contributed by atoms with van der Waals surface area (Å²) in [5.41, 5.74) is 1.14. The maximum atomic E-state index is 9.40. The number of ether oxygens (including phenoxy) is 1. The highest BCUT2D eigenvalue weighted by molar-refractivity contribution is 5.26. The molecule has 0 saturated carbocycles. The summed E-state index contributed by atoms with van der Waals surface area (Å²) in [5.74, 6) is 0.338. The molecular weight excluding hydrogens is 214 g/mol. The van der Waals surface area contributed by atoms with Gasteiger partial charge in [0.15, 0.2) is 0 Å². The lowest BCUT2D eigenvalue weighted by atomic mass is 10.1. The first-order valence-electron chi connectivity index (χ1n) is 6.32. The Labute approximate surface area is 103 Å². The van der Waals surface area contributed by atoms with E-state index in [9.17, 15) is 5.11 Å². The Bertz CT molecular complexity index is 348. The SMILES string of the molecule is CN(Cc1cccc(O)c1)CC1CCCCO1. The molecule has 3 heteroatoms. The molecule has 1 aliphatic heterocycles. The smallest absolute Gasteiger partial charge is 0.115 e. The maximum absolute atomic E-state index is 9.40. The lowest BCUT2D eigenvalue weighted by Crippen LogP contribution is -2.33. The predicted octanol–water partition coefficient (Wildman–Crippen LogP) is 2.39. The van der Waals surface area contributed by atoms with Crippen LogP contribution in [0.5, 0.6) is 5.75 Å². The fraction of sp³-hybridized carbons (Fsp3) is 0.571. The molecule has 0 bridgehead atoms. The first-order chi connectivity index (χ1) is 8.24. The van der Waals surface area contributed by atoms with E-state index in [1.54, 1.807) is 6.07 Å². The van der Waals surface area contributed by atoms with E-state index in [0.29, 0.717) is 11.9 Å². The van der Waals surface area contributed by atoms with Crippen LogP contribution in [0.1, 0.15) is 24.8 Å². The Kier molecular flexibility index (Phi) is 4.40. The summed E-state index contributed by atoms with van der Waals surface area (Å²) >= 11 is 0. The highest BCUT2D eigenvalue weighted by atomic mass is 16.5. The molecule has 1 aromatic carbocycles. The van der Waals surface area contributed by atoms with Crippen LogP contribution in [0.3, 0.4) is 0 Å². The summed E-state index contributed by atoms with van der Waals surface area (Å²) in [4.78, 5) is 2.25. The molecule has 0 aliphatic carbocycles. The molecule has 17 heavy (non-hydrogen) atoms. The van der Waals surface area contributed by atoms with Crippen molar-refractivity contribution in [3.05, 3.63) is 29.8 Å². The fourth-order valence-corrected chi connectivity index (χ4v) is 2.33. The number of hydrogen-bond donors (Lipinski definition) is 1. The van der Waals surface area contributed by atoms with E-state index in [1.165, 1.54) is 19.3 Å². The third-order valence-electron chi connectivity index (χ3n) is 3.15. The van der Waals surface area contributed by atoms with Gasteiger partial charge in [0.05, 0.1) is 6.10 Å². The van der Waals surface area contributed by atoms with Gasteiger partial charge in [0.25, 0.3) is 0 Å². The van der Waals surface area contributed by atoms with Gasteiger partial charge in [-0.2, -0.15) is 0 Å². The molecule has 1 atom stereocenters. The van der Waals surface area contributed by atoms with Gasteiger partial charge in [0.2, 0.25) is 0 Å². The Hall–Kier alpha value is -1.06. The fourth-order valence-electron chi connectivity index (χ4n) is 2.33. The Morgan fingerprint density at radius 2 is 2.29 bits per heavy atom. The number of rotatable bonds is 4. The molecule has 94 valence electrons. The highest BCUT2D eigenvalue weighted by Gasteiger charge is 2.15. The number of benzene rings is 1. The molecule has 0 aromatic heterocycles. The van der Waals surface area contributed by atoms with Gasteiger partial charge in [0.1, 0.15) is 5.75 Å². The van der Waals surface area contributed by atoms with E-state index in [-0.39, 0.29) is 0 Å². The van der Waals surface area contributed by atoms with Gasteiger partial charge >= 0.3 is 0 Å². The van der Waals surface area contributed by atoms with E-state index in [0.717, 1.165) is 25.3 Å². The molecule has 1 saturated heterocycles. The van der Waals surface area contributed by atoms with E-state index in [1.807, 2.05) is 18.2 Å². The number of nitrogens with zero attached hydrogens (tertiary/aromatic N) is 1. The summed E-state index contributed by atoms with van der Waals surface area (Å²) in [6.45, 7) is 2.73. The van der Waals surface area contributed by atoms with Crippen molar-refractivity contribution in [2.24, 2.45) is 0 Å². The summed E-state index contributed by atoms with van der Waals surface area (Å²) in [6.07, 6.45) is 4.04. The maximum Gasteiger partial charge on any atom is 0.115 e. The van der Waals surface area contributed by atoms with E-state index in [4.69, 9.17) is 4.74 Å². The molecule has 1 unspecified atom stereocenters. The van der Waals surface area contributed by atoms with Crippen molar-refractivity contribution in [3.63, 3.8) is 0 Å². The second-order valence-corrected chi connectivity index (χ2v) is 4.86. The first kappa shape index (κ1) is 12.4. The van der Waals surface area contributed by atoms with E-state index in [2.05, 4.69) is 11.9 Å². The third-order valence-corrected chi connectivity index (χ3v) is 3.15. The van der Waals surface area contributed by atoms with Crippen LogP contribution < -0.4 is 0 Å². The van der Waals surface area contributed by atoms with Gasteiger partial charge in [-0.15, -0.1) is 0 Å². The number of phenolic OH excluding ortho intramolecular Hbond substituents is 1. The summed E-state index contributed by atoms with van der Waals surface area (Å²) < 4.78 is 5.72. The number of aromatic hydroxyl groups is 1. The van der Waals surface area contributed by atoms with Crippen LogP contribution in [0, 0.1) is 0 Å². The van der Waals surface area contributed by atoms with Crippen LogP contribution in [0.25, 0.3) is 0 Å². The zero-order chi connectivity index (χ0) is 12.1. The van der Waals surface area contributed by atoms with Crippen molar-refractivity contribution in [2.75, 3.05) is 20.2 Å². The second-order valence-electron chi connectivity index (χ2n) is 4.86. The summed E-state index contributed by atoms with van der Waals surface area (Å²) in [7, 11) is 2.10. The number of likely N-dealkylation sites (N-methyl/N-ethyl adjacent to an activating group) is 1. The quantitative estimate of drug-likeness (QED) is 0.869. The first-order valence-corrected chi connectivity index (χ1v) is 6.32. The largest absolute Gasteiger partial charge is 0.508 e. The van der Waals surface area contributed by atoms with Crippen molar-refractivity contribution < 1.29 is 9.84 Å². The third kappa shape index (κ3) is 4.02. The summed E-state index contributed by atoms with van der Waals surface area (Å²) in [5, 5.41) is 9.40. The van der Waals surface area contributed by atoms with Gasteiger partial charge in [-0.25, -0.2) is 0 Å². The van der Waals surface area contributed by atoms with Crippen molar-refractivity contribution in [2.45, 2.75) is 31.9 Å². The minimum atomic E-state index is 0.338. The minimum absolute atomic E-state index is 0.338. The van der Waals surface area contributed by atoms with Crippen LogP contribution in [0.2, 0.25) is 0 Å². The van der Waals surface area contributed by atoms with Crippen LogP contribution in [-0.2, 0) is 11.3 Å². The topological polar surface area (TPSA) is 32.7 Å². The monoisotopic (exact) mass is 235 g/mol. The molecule has 1 aromatic rings. The zero-order valence-corrected chi connectivity index (χ0v) is 10.4. The van der Waals surface area contributed by atoms with Gasteiger partial charge in [-0.1, -0.05) is 12.1 Å². The van der Waals surface area contributed by atoms with Gasteiger partial charge in [0, 0.05) is 19.7 Å². The Morgan fingerprint density at radius 3 is 3.00 bits per heavy atom. The van der Waals surface area contributed by atoms with Crippen molar-refractivity contribution in [3.8, 4) is 5.75 Å². The Morgan fingerprint density at radius 1 is 1.41 bits per heavy atom. The van der Waals surface area contributed by atoms with Gasteiger partial charge < -0.3 is 9.84 Å².